The number of rotatable bonds is 6. The van der Waals surface area contributed by atoms with E-state index in [2.05, 4.69) is 10.3 Å². The van der Waals surface area contributed by atoms with Gasteiger partial charge in [-0.3, -0.25) is 0 Å². The van der Waals surface area contributed by atoms with Crippen LogP contribution in [0.2, 0.25) is 0 Å². The highest BCUT2D eigenvalue weighted by atomic mass is 32.2. The lowest BCUT2D eigenvalue weighted by Crippen LogP contribution is -2.26. The van der Waals surface area contributed by atoms with Gasteiger partial charge in [0, 0.05) is 32.4 Å². The molecule has 19 heavy (non-hydrogen) atoms. The number of nitrogens with one attached hydrogen (secondary N) is 1. The molecule has 0 radical (unpaired) electrons. The van der Waals surface area contributed by atoms with E-state index in [0.717, 1.165) is 10.7 Å². The van der Waals surface area contributed by atoms with Crippen LogP contribution in [0.25, 0.3) is 0 Å². The van der Waals surface area contributed by atoms with Crippen LogP contribution in [0.3, 0.4) is 0 Å². The molecular formula is C12H22N4O2S. The third-order valence-corrected chi connectivity index (χ3v) is 4.43. The number of aromatic nitrogens is 1. The van der Waals surface area contributed by atoms with Crippen LogP contribution in [-0.2, 0) is 10.0 Å². The highest BCUT2D eigenvalue weighted by Gasteiger charge is 2.17. The summed E-state index contributed by atoms with van der Waals surface area (Å²) in [5.41, 5.74) is 5.72. The van der Waals surface area contributed by atoms with E-state index in [1.54, 1.807) is 12.1 Å². The summed E-state index contributed by atoms with van der Waals surface area (Å²) in [5, 5.41) is 3.18. The molecule has 0 bridgehead atoms. The molecule has 0 aliphatic heterocycles. The first-order chi connectivity index (χ1) is 8.73. The van der Waals surface area contributed by atoms with Crippen molar-refractivity contribution in [2.75, 3.05) is 19.4 Å². The first-order valence-electron chi connectivity index (χ1n) is 6.14. The first-order valence-corrected chi connectivity index (χ1v) is 7.58. The summed E-state index contributed by atoms with van der Waals surface area (Å²) in [6, 6.07) is 3.50. The van der Waals surface area contributed by atoms with Crippen molar-refractivity contribution in [3.8, 4) is 0 Å². The monoisotopic (exact) mass is 286 g/mol. The molecule has 0 fully saturated rings. The van der Waals surface area contributed by atoms with E-state index >= 15 is 0 Å². The van der Waals surface area contributed by atoms with Gasteiger partial charge in [0.15, 0.2) is 0 Å². The van der Waals surface area contributed by atoms with Crippen molar-refractivity contribution in [1.29, 1.82) is 0 Å². The van der Waals surface area contributed by atoms with Crippen LogP contribution in [0, 0.1) is 0 Å². The molecule has 7 heteroatoms. The molecule has 0 aromatic carbocycles. The zero-order valence-corrected chi connectivity index (χ0v) is 12.6. The number of anilines is 1. The van der Waals surface area contributed by atoms with Crippen molar-refractivity contribution in [2.45, 2.75) is 37.2 Å². The Morgan fingerprint density at radius 3 is 2.42 bits per heavy atom. The van der Waals surface area contributed by atoms with E-state index in [-0.39, 0.29) is 17.0 Å². The molecule has 0 aliphatic rings. The fraction of sp³-hybridized carbons (Fsp3) is 0.583. The number of hydrogen-bond acceptors (Lipinski definition) is 5. The number of nitrogens with two attached hydrogens (primary N) is 1. The van der Waals surface area contributed by atoms with Crippen LogP contribution < -0.4 is 11.1 Å². The van der Waals surface area contributed by atoms with Crippen LogP contribution in [-0.4, -0.2) is 43.9 Å². The van der Waals surface area contributed by atoms with Crippen molar-refractivity contribution in [1.82, 2.24) is 9.29 Å². The predicted octanol–water partition coefficient (Wildman–Crippen LogP) is 0.870. The molecule has 2 unspecified atom stereocenters. The first kappa shape index (κ1) is 15.9. The summed E-state index contributed by atoms with van der Waals surface area (Å²) in [7, 11) is -0.434. The van der Waals surface area contributed by atoms with Gasteiger partial charge in [-0.1, -0.05) is 0 Å². The second kappa shape index (κ2) is 6.31. The maximum Gasteiger partial charge on any atom is 0.244 e. The Morgan fingerprint density at radius 2 is 2.00 bits per heavy atom. The van der Waals surface area contributed by atoms with Gasteiger partial charge in [-0.25, -0.2) is 17.7 Å². The van der Waals surface area contributed by atoms with Gasteiger partial charge in [0.25, 0.3) is 0 Å². The van der Waals surface area contributed by atoms with Crippen LogP contribution >= 0.6 is 0 Å². The Kier molecular flexibility index (Phi) is 5.28. The summed E-state index contributed by atoms with van der Waals surface area (Å²) >= 11 is 0. The topological polar surface area (TPSA) is 88.3 Å². The average Bonchev–Trinajstić information content (AvgIpc) is 2.28. The van der Waals surface area contributed by atoms with Gasteiger partial charge in [0.1, 0.15) is 10.7 Å². The second-order valence-corrected chi connectivity index (χ2v) is 7.08. The van der Waals surface area contributed by atoms with Crippen molar-refractivity contribution in [3.63, 3.8) is 0 Å². The van der Waals surface area contributed by atoms with E-state index in [1.807, 2.05) is 13.8 Å². The molecule has 0 aliphatic carbocycles. The summed E-state index contributed by atoms with van der Waals surface area (Å²) in [4.78, 5) is 4.30. The third kappa shape index (κ3) is 4.45. The molecule has 0 saturated carbocycles. The van der Waals surface area contributed by atoms with Crippen molar-refractivity contribution in [2.24, 2.45) is 5.73 Å². The molecule has 1 aromatic rings. The SMILES string of the molecule is CC(N)CC(C)Nc1ccc(S(=O)(=O)N(C)C)cn1. The maximum atomic E-state index is 11.9. The fourth-order valence-electron chi connectivity index (χ4n) is 1.70. The second-order valence-electron chi connectivity index (χ2n) is 4.92. The van der Waals surface area contributed by atoms with Gasteiger partial charge in [-0.05, 0) is 32.4 Å². The Hall–Kier alpha value is -1.18. The Labute approximate surface area is 115 Å². The van der Waals surface area contributed by atoms with Gasteiger partial charge in [0.05, 0.1) is 0 Å². The largest absolute Gasteiger partial charge is 0.368 e. The minimum atomic E-state index is -3.42. The zero-order chi connectivity index (χ0) is 14.6. The zero-order valence-electron chi connectivity index (χ0n) is 11.8. The summed E-state index contributed by atoms with van der Waals surface area (Å²) in [6.07, 6.45) is 2.18. The van der Waals surface area contributed by atoms with Crippen molar-refractivity contribution >= 4 is 15.8 Å². The number of nitrogens with zero attached hydrogens (tertiary/aromatic N) is 2. The Bertz CT molecular complexity index is 497. The Morgan fingerprint density at radius 1 is 1.37 bits per heavy atom. The van der Waals surface area contributed by atoms with Gasteiger partial charge in [-0.15, -0.1) is 0 Å². The highest BCUT2D eigenvalue weighted by molar-refractivity contribution is 7.89. The molecule has 0 spiro atoms. The number of pyridine rings is 1. The molecule has 6 nitrogen and oxygen atoms in total. The molecule has 1 rings (SSSR count). The molecule has 0 saturated heterocycles. The van der Waals surface area contributed by atoms with Crippen molar-refractivity contribution < 1.29 is 8.42 Å². The van der Waals surface area contributed by atoms with Crippen LogP contribution in [0.4, 0.5) is 5.82 Å². The van der Waals surface area contributed by atoms with E-state index in [1.165, 1.54) is 20.3 Å². The van der Waals surface area contributed by atoms with Gasteiger partial charge >= 0.3 is 0 Å². The summed E-state index contributed by atoms with van der Waals surface area (Å²) in [5.74, 6) is 0.644. The maximum absolute atomic E-state index is 11.9. The average molecular weight is 286 g/mol. The number of sulfonamides is 1. The minimum absolute atomic E-state index is 0.107. The van der Waals surface area contributed by atoms with E-state index in [4.69, 9.17) is 5.73 Å². The fourth-order valence-corrected chi connectivity index (χ4v) is 2.55. The molecule has 108 valence electrons. The van der Waals surface area contributed by atoms with Crippen LogP contribution in [0.5, 0.6) is 0 Å². The normalized spacial score (nSPS) is 15.3. The molecular weight excluding hydrogens is 264 g/mol. The van der Waals surface area contributed by atoms with E-state index in [0.29, 0.717) is 5.82 Å². The smallest absolute Gasteiger partial charge is 0.244 e. The van der Waals surface area contributed by atoms with Gasteiger partial charge < -0.3 is 11.1 Å². The standard InChI is InChI=1S/C12H22N4O2S/c1-9(13)7-10(2)15-12-6-5-11(8-14-12)19(17,18)16(3)4/h5-6,8-10H,7,13H2,1-4H3,(H,14,15). The molecule has 3 N–H and O–H groups in total. The molecule has 0 amide bonds. The van der Waals surface area contributed by atoms with Crippen molar-refractivity contribution in [3.05, 3.63) is 18.3 Å². The van der Waals surface area contributed by atoms with Crippen LogP contribution in [0.15, 0.2) is 23.2 Å². The molecule has 1 aromatic heterocycles. The molecule has 1 heterocycles. The van der Waals surface area contributed by atoms with E-state index in [9.17, 15) is 8.42 Å². The predicted molar refractivity (Wildman–Crippen MR) is 76.5 cm³/mol. The molecule has 2 atom stereocenters. The van der Waals surface area contributed by atoms with Gasteiger partial charge in [-0.2, -0.15) is 0 Å². The summed E-state index contributed by atoms with van der Waals surface area (Å²) in [6.45, 7) is 3.95. The third-order valence-electron chi connectivity index (χ3n) is 2.63. The lowest BCUT2D eigenvalue weighted by atomic mass is 10.1. The lowest BCUT2D eigenvalue weighted by Gasteiger charge is -2.17. The minimum Gasteiger partial charge on any atom is -0.368 e. The van der Waals surface area contributed by atoms with Crippen LogP contribution in [0.1, 0.15) is 20.3 Å². The lowest BCUT2D eigenvalue weighted by molar-refractivity contribution is 0.520. The Balaban J connectivity index is 2.78. The quantitative estimate of drug-likeness (QED) is 0.810. The number of hydrogen-bond donors (Lipinski definition) is 2. The summed E-state index contributed by atoms with van der Waals surface area (Å²) < 4.78 is 24.9. The highest BCUT2D eigenvalue weighted by Crippen LogP contribution is 2.14. The van der Waals surface area contributed by atoms with E-state index < -0.39 is 10.0 Å². The van der Waals surface area contributed by atoms with Gasteiger partial charge in [0.2, 0.25) is 10.0 Å².